The van der Waals surface area contributed by atoms with Gasteiger partial charge in [0.2, 0.25) is 0 Å². The molecule has 5 rings (SSSR count). The first-order chi connectivity index (χ1) is 10.2. The zero-order chi connectivity index (χ0) is 14.2. The molecule has 0 radical (unpaired) electrons. The Kier molecular flexibility index (Phi) is 1.91. The number of hydrogen-bond acceptors (Lipinski definition) is 2. The van der Waals surface area contributed by atoms with Crippen LogP contribution in [0.2, 0.25) is 0 Å². The van der Waals surface area contributed by atoms with Gasteiger partial charge in [-0.1, -0.05) is 36.4 Å². The highest BCUT2D eigenvalue weighted by atomic mass is 16.1. The van der Waals surface area contributed by atoms with Crippen LogP contribution >= 0.6 is 0 Å². The topological polar surface area (TPSA) is 34.1 Å². The highest BCUT2D eigenvalue weighted by Gasteiger charge is 2.51. The molecule has 2 nitrogen and oxygen atoms in total. The van der Waals surface area contributed by atoms with Crippen LogP contribution in [-0.2, 0) is 5.41 Å². The van der Waals surface area contributed by atoms with E-state index in [4.69, 9.17) is 0 Å². The van der Waals surface area contributed by atoms with Gasteiger partial charge in [0.1, 0.15) is 0 Å². The maximum Gasteiger partial charge on any atom is 0.163 e. The Bertz CT molecular complexity index is 773. The number of carbonyl (C=O) groups is 2. The fourth-order valence-corrected chi connectivity index (χ4v) is 4.72. The molecule has 0 fully saturated rings. The number of ketones is 2. The van der Waals surface area contributed by atoms with Gasteiger partial charge in [-0.25, -0.2) is 0 Å². The highest BCUT2D eigenvalue weighted by Crippen LogP contribution is 2.59. The average molecular weight is 274 g/mol. The molecular weight excluding hydrogens is 260 g/mol. The van der Waals surface area contributed by atoms with E-state index in [0.29, 0.717) is 12.8 Å². The molecule has 3 aliphatic rings. The number of benzene rings is 2. The predicted octanol–water partition coefficient (Wildman–Crippen LogP) is 3.91. The first-order valence-electron chi connectivity index (χ1n) is 7.56. The number of carbonyl (C=O) groups excluding carboxylic acids is 2. The van der Waals surface area contributed by atoms with Crippen LogP contribution in [0, 0.1) is 0 Å². The zero-order valence-electron chi connectivity index (χ0n) is 11.6. The van der Waals surface area contributed by atoms with Gasteiger partial charge in [-0.2, -0.15) is 0 Å². The largest absolute Gasteiger partial charge is 0.294 e. The van der Waals surface area contributed by atoms with Crippen LogP contribution in [0.25, 0.3) is 11.1 Å². The van der Waals surface area contributed by atoms with Crippen molar-refractivity contribution in [1.29, 1.82) is 0 Å². The van der Waals surface area contributed by atoms with E-state index in [9.17, 15) is 9.59 Å². The second-order valence-electron chi connectivity index (χ2n) is 6.38. The summed E-state index contributed by atoms with van der Waals surface area (Å²) in [7, 11) is 0. The van der Waals surface area contributed by atoms with E-state index < -0.39 is 0 Å². The summed E-state index contributed by atoms with van der Waals surface area (Å²) in [5.74, 6) is 0.507. The highest BCUT2D eigenvalue weighted by molar-refractivity contribution is 6.08. The van der Waals surface area contributed by atoms with Crippen molar-refractivity contribution in [3.63, 3.8) is 0 Å². The van der Waals surface area contributed by atoms with Gasteiger partial charge in [0.15, 0.2) is 11.6 Å². The van der Waals surface area contributed by atoms with E-state index in [-0.39, 0.29) is 17.0 Å². The molecule has 0 unspecified atom stereocenters. The zero-order valence-corrected chi connectivity index (χ0v) is 11.6. The van der Waals surface area contributed by atoms with Crippen molar-refractivity contribution < 1.29 is 9.59 Å². The van der Waals surface area contributed by atoms with Gasteiger partial charge >= 0.3 is 0 Å². The molecule has 0 bridgehead atoms. The molecule has 0 aromatic heterocycles. The molecule has 3 aliphatic carbocycles. The van der Waals surface area contributed by atoms with Crippen LogP contribution in [0.1, 0.15) is 57.5 Å². The van der Waals surface area contributed by atoms with Crippen LogP contribution in [0.5, 0.6) is 0 Å². The van der Waals surface area contributed by atoms with Crippen molar-refractivity contribution in [2.24, 2.45) is 0 Å². The lowest BCUT2D eigenvalue weighted by Gasteiger charge is -2.39. The van der Waals surface area contributed by atoms with Gasteiger partial charge in [-0.05, 0) is 35.1 Å². The summed E-state index contributed by atoms with van der Waals surface area (Å²) in [6.45, 7) is 0. The summed E-state index contributed by atoms with van der Waals surface area (Å²) in [6, 6.07) is 12.1. The van der Waals surface area contributed by atoms with Crippen molar-refractivity contribution >= 4 is 11.6 Å². The Hall–Kier alpha value is -2.22. The van der Waals surface area contributed by atoms with E-state index >= 15 is 0 Å². The van der Waals surface area contributed by atoms with Gasteiger partial charge in [-0.15, -0.1) is 0 Å². The Morgan fingerprint density at radius 2 is 1.10 bits per heavy atom. The molecule has 0 N–H and O–H groups in total. The standard InChI is InChI=1S/C19H14O2/c20-15-7-9-19-10-8-16(21)14-6-2-4-12(18(14)19)11-3-1-5-13(15)17(11)19/h1-6H,7-10H2. The molecule has 0 atom stereocenters. The number of rotatable bonds is 0. The number of fused-ring (bicyclic) bond motifs is 1. The molecule has 0 saturated heterocycles. The lowest BCUT2D eigenvalue weighted by molar-refractivity contribution is 0.0934. The second kappa shape index (κ2) is 3.51. The minimum absolute atomic E-state index is 0.0837. The second-order valence-corrected chi connectivity index (χ2v) is 6.38. The van der Waals surface area contributed by atoms with Crippen molar-refractivity contribution in [2.75, 3.05) is 0 Å². The average Bonchev–Trinajstić information content (AvgIpc) is 2.81. The summed E-state index contributed by atoms with van der Waals surface area (Å²) in [5, 5.41) is 0. The number of Topliss-reactive ketones (excluding diaryl/α,β-unsaturated/α-hetero) is 2. The Balaban J connectivity index is 1.99. The van der Waals surface area contributed by atoms with E-state index in [0.717, 1.165) is 24.0 Å². The van der Waals surface area contributed by atoms with Crippen molar-refractivity contribution in [3.8, 4) is 11.1 Å². The first-order valence-corrected chi connectivity index (χ1v) is 7.56. The Morgan fingerprint density at radius 3 is 1.57 bits per heavy atom. The first kappa shape index (κ1) is 11.4. The minimum Gasteiger partial charge on any atom is -0.294 e. The normalized spacial score (nSPS) is 20.2. The third-order valence-electron chi connectivity index (χ3n) is 5.53. The minimum atomic E-state index is -0.0837. The maximum absolute atomic E-state index is 12.3. The Labute approximate surface area is 122 Å². The van der Waals surface area contributed by atoms with Gasteiger partial charge in [0.25, 0.3) is 0 Å². The van der Waals surface area contributed by atoms with E-state index in [1.165, 1.54) is 22.3 Å². The monoisotopic (exact) mass is 274 g/mol. The lowest BCUT2D eigenvalue weighted by Crippen LogP contribution is -2.36. The third kappa shape index (κ3) is 1.16. The SMILES string of the molecule is O=C1CCC23CCC(=O)c4cccc(c42)-c2cccc1c23. The fourth-order valence-electron chi connectivity index (χ4n) is 4.72. The van der Waals surface area contributed by atoms with Gasteiger partial charge in [0, 0.05) is 29.4 Å². The van der Waals surface area contributed by atoms with Crippen LogP contribution in [0.4, 0.5) is 0 Å². The number of hydrogen-bond donors (Lipinski definition) is 0. The van der Waals surface area contributed by atoms with Gasteiger partial charge in [0.05, 0.1) is 0 Å². The van der Waals surface area contributed by atoms with Crippen LogP contribution in [-0.4, -0.2) is 11.6 Å². The fraction of sp³-hybridized carbons (Fsp3) is 0.263. The maximum atomic E-state index is 12.3. The van der Waals surface area contributed by atoms with Crippen LogP contribution in [0.3, 0.4) is 0 Å². The van der Waals surface area contributed by atoms with Crippen molar-refractivity contribution in [1.82, 2.24) is 0 Å². The molecule has 1 spiro atoms. The lowest BCUT2D eigenvalue weighted by atomic mass is 9.62. The van der Waals surface area contributed by atoms with Gasteiger partial charge < -0.3 is 0 Å². The van der Waals surface area contributed by atoms with Crippen LogP contribution in [0.15, 0.2) is 36.4 Å². The van der Waals surface area contributed by atoms with E-state index in [1.54, 1.807) is 0 Å². The molecule has 102 valence electrons. The molecule has 21 heavy (non-hydrogen) atoms. The summed E-state index contributed by atoms with van der Waals surface area (Å²) in [6.07, 6.45) is 2.90. The van der Waals surface area contributed by atoms with E-state index in [2.05, 4.69) is 12.1 Å². The molecule has 2 heteroatoms. The quantitative estimate of drug-likeness (QED) is 0.730. The molecule has 0 amide bonds. The summed E-state index contributed by atoms with van der Waals surface area (Å²) in [5.41, 5.74) is 6.44. The summed E-state index contributed by atoms with van der Waals surface area (Å²) >= 11 is 0. The Morgan fingerprint density at radius 1 is 0.667 bits per heavy atom. The predicted molar refractivity (Wildman–Crippen MR) is 79.8 cm³/mol. The van der Waals surface area contributed by atoms with E-state index in [1.807, 2.05) is 24.3 Å². The molecule has 0 heterocycles. The van der Waals surface area contributed by atoms with Crippen molar-refractivity contribution in [3.05, 3.63) is 58.7 Å². The third-order valence-corrected chi connectivity index (χ3v) is 5.53. The molecule has 2 aromatic rings. The molecule has 0 saturated carbocycles. The summed E-state index contributed by atoms with van der Waals surface area (Å²) < 4.78 is 0. The van der Waals surface area contributed by atoms with Crippen LogP contribution < -0.4 is 0 Å². The molecule has 0 aliphatic heterocycles. The molecule has 2 aromatic carbocycles. The smallest absolute Gasteiger partial charge is 0.163 e. The summed E-state index contributed by atoms with van der Waals surface area (Å²) in [4.78, 5) is 24.6. The van der Waals surface area contributed by atoms with Gasteiger partial charge in [-0.3, -0.25) is 9.59 Å². The van der Waals surface area contributed by atoms with Crippen molar-refractivity contribution in [2.45, 2.75) is 31.1 Å². The molecular formula is C19H14O2.